The van der Waals surface area contributed by atoms with Gasteiger partial charge in [0.15, 0.2) is 32.9 Å². The van der Waals surface area contributed by atoms with Crippen LogP contribution >= 0.6 is 35.3 Å². The van der Waals surface area contributed by atoms with Crippen molar-refractivity contribution in [3.8, 4) is 0 Å². The van der Waals surface area contributed by atoms with Crippen LogP contribution in [0.5, 0.6) is 0 Å². The highest BCUT2D eigenvalue weighted by atomic mass is 32.2. The van der Waals surface area contributed by atoms with Gasteiger partial charge in [0.25, 0.3) is 0 Å². The van der Waals surface area contributed by atoms with Crippen molar-refractivity contribution in [3.63, 3.8) is 0 Å². The molecule has 24 nitrogen and oxygen atoms in total. The molecule has 3 aromatic carbocycles. The van der Waals surface area contributed by atoms with Crippen molar-refractivity contribution in [2.45, 2.75) is 166 Å². The highest BCUT2D eigenvalue weighted by Gasteiger charge is 2.32. The normalized spacial score (nSPS) is 17.4. The van der Waals surface area contributed by atoms with E-state index in [0.29, 0.717) is 81.6 Å². The van der Waals surface area contributed by atoms with Gasteiger partial charge in [-0.3, -0.25) is 29.7 Å². The number of ketones is 3. The number of piperidine rings is 2. The van der Waals surface area contributed by atoms with E-state index in [2.05, 4.69) is 108 Å². The van der Waals surface area contributed by atoms with Gasteiger partial charge in [-0.15, -0.1) is 0 Å². The van der Waals surface area contributed by atoms with Gasteiger partial charge in [0.1, 0.15) is 52.3 Å². The first-order valence-electron chi connectivity index (χ1n) is 36.5. The van der Waals surface area contributed by atoms with E-state index in [1.54, 1.807) is 11.8 Å². The number of rotatable bonds is 25. The summed E-state index contributed by atoms with van der Waals surface area (Å²) in [5.74, 6) is 8.99. The molecule has 4 saturated heterocycles. The van der Waals surface area contributed by atoms with Crippen molar-refractivity contribution < 1.29 is 19.5 Å². The van der Waals surface area contributed by atoms with Crippen LogP contribution in [-0.4, -0.2) is 165 Å². The van der Waals surface area contributed by atoms with Gasteiger partial charge < -0.3 is 46.0 Å². The number of hydrogen-bond acceptors (Lipinski definition) is 24. The van der Waals surface area contributed by atoms with Gasteiger partial charge in [-0.25, -0.2) is 29.9 Å². The fourth-order valence-corrected chi connectivity index (χ4v) is 15.5. The van der Waals surface area contributed by atoms with E-state index in [4.69, 9.17) is 29.9 Å². The number of likely N-dealkylation sites (tertiary alicyclic amines) is 1. The lowest BCUT2D eigenvalue weighted by Gasteiger charge is -2.37. The maximum Gasteiger partial charge on any atom is 0.196 e. The Morgan fingerprint density at radius 3 is 1.10 bits per heavy atom. The Hall–Kier alpha value is -8.73. The summed E-state index contributed by atoms with van der Waals surface area (Å²) in [5.41, 5.74) is 6.14. The number of aromatic nitrogens is 12. The van der Waals surface area contributed by atoms with Gasteiger partial charge in [-0.2, -0.15) is 15.3 Å². The number of aliphatic hydroxyl groups excluding tert-OH is 1. The van der Waals surface area contributed by atoms with Crippen LogP contribution in [0.3, 0.4) is 0 Å². The first-order chi connectivity index (χ1) is 50.2. The number of carbonyl (C=O) groups is 3. The summed E-state index contributed by atoms with van der Waals surface area (Å²) in [5, 5.41) is 47.0. The molecule has 8 N–H and O–H groups in total. The van der Waals surface area contributed by atoms with E-state index >= 15 is 0 Å². The maximum atomic E-state index is 12.2. The zero-order valence-corrected chi connectivity index (χ0v) is 61.3. The average Bonchev–Trinajstić information content (AvgIpc) is 1.60. The summed E-state index contributed by atoms with van der Waals surface area (Å²) < 4.78 is 0. The summed E-state index contributed by atoms with van der Waals surface area (Å²) in [6.07, 6.45) is 15.2. The fourth-order valence-electron chi connectivity index (χ4n) is 13.2. The second kappa shape index (κ2) is 33.8. The number of nitrogens with zero attached hydrogens (tertiary/aromatic N) is 13. The van der Waals surface area contributed by atoms with E-state index in [9.17, 15) is 19.5 Å². The number of Topliss-reactive ketones (excluding diaryl/α,β-unsaturated/α-hetero) is 3. The number of hydrogen-bond donors (Lipinski definition) is 8. The maximum absolute atomic E-state index is 12.2. The smallest absolute Gasteiger partial charge is 0.196 e. The van der Waals surface area contributed by atoms with Crippen LogP contribution in [0.2, 0.25) is 0 Å². The minimum Gasteiger partial charge on any atom is -0.393 e. The lowest BCUT2D eigenvalue weighted by Crippen LogP contribution is -2.44. The number of aryl methyl sites for hydroxylation is 3. The Morgan fingerprint density at radius 2 is 0.757 bits per heavy atom. The third-order valence-corrected chi connectivity index (χ3v) is 22.1. The second-order valence-electron chi connectivity index (χ2n) is 28.1. The number of aromatic amines is 3. The Kier molecular flexibility index (Phi) is 23.4. The lowest BCUT2D eigenvalue weighted by molar-refractivity contribution is -0.120. The van der Waals surface area contributed by atoms with E-state index in [-0.39, 0.29) is 12.0 Å². The number of anilines is 9. The summed E-state index contributed by atoms with van der Waals surface area (Å²) >= 11 is 4.57. The van der Waals surface area contributed by atoms with Gasteiger partial charge in [-0.1, -0.05) is 36.4 Å². The Morgan fingerprint density at radius 1 is 0.408 bits per heavy atom. The highest BCUT2D eigenvalue weighted by molar-refractivity contribution is 7.99. The number of carbonyl (C=O) groups excluding carboxylic acids is 3. The number of benzene rings is 3. The predicted molar refractivity (Wildman–Crippen MR) is 405 cm³/mol. The summed E-state index contributed by atoms with van der Waals surface area (Å²) in [6, 6.07) is 37.0. The van der Waals surface area contributed by atoms with Crippen LogP contribution in [0.4, 0.5) is 52.4 Å². The minimum absolute atomic E-state index is 0.244. The van der Waals surface area contributed by atoms with Crippen LogP contribution in [-0.2, 0) is 33.6 Å². The van der Waals surface area contributed by atoms with Crippen molar-refractivity contribution in [1.82, 2.24) is 70.7 Å². The van der Waals surface area contributed by atoms with Crippen molar-refractivity contribution in [2.75, 3.05) is 96.1 Å². The van der Waals surface area contributed by atoms with Crippen molar-refractivity contribution >= 4 is 105 Å². The van der Waals surface area contributed by atoms with Gasteiger partial charge in [0, 0.05) is 157 Å². The molecule has 103 heavy (non-hydrogen) atoms. The standard InChI is InChI=1S/C28H35N7OS.C24H29N7OS.C24H28N6O2S/c1-19-16-26(33-32-19)29-25-18-27(35-14-10-22(11-15-35)34-12-2-3-13-34)31-28(30-25)37-23-8-4-20(5-9-23)17-24(36)21-6-7-21;1-16-13-22(30-29-16)26-21-15-23(31-11-2-9-25-10-12-31)28-24(27-21)33-19-7-3-17(4-8-19)14-20(32)18-5-6-18;1-15-12-22(29-28-15)25-21-14-23(30-10-8-18(31)9-11-30)27-24(26-21)33-19-6-2-16(3-7-19)13-20(32)17-4-5-17/h4-5,8-9,16,18,21-22H,2-3,6-7,10-15,17H2,1H3,(H2,29,30,31,32,33);3-4,7-8,13,15,18,25H,2,5-6,9-12,14H2,1H3,(H2,26,27,28,29,30);2-3,6-7,12,14,17-18,31H,4-5,8-11,13H2,1H3,(H2,25,26,27,28,29). The Labute approximate surface area is 614 Å². The Bertz CT molecular complexity index is 4320. The molecule has 4 aliphatic heterocycles. The van der Waals surface area contributed by atoms with E-state index in [1.807, 2.05) is 93.6 Å². The average molecular weight is 1450 g/mol. The SMILES string of the molecule is Cc1cc(Nc2cc(N3CCC(N4CCCC4)CC3)nc(Sc3ccc(CC(=O)C4CC4)cc3)n2)n[nH]1.Cc1cc(Nc2cc(N3CCC(O)CC3)nc(Sc3ccc(CC(=O)C4CC4)cc3)n2)n[nH]1.Cc1cc(Nc2cc(N3CCCNCC3)nc(Sc3ccc(CC(=O)C4CC4)cc3)n2)n[nH]1. The van der Waals surface area contributed by atoms with Crippen LogP contribution in [0.25, 0.3) is 0 Å². The fraction of sp³-hybridized carbons (Fsp3) is 0.447. The van der Waals surface area contributed by atoms with Crippen LogP contribution in [0.15, 0.2) is 139 Å². The molecule has 7 fully saturated rings. The largest absolute Gasteiger partial charge is 0.393 e. The third kappa shape index (κ3) is 20.8. The van der Waals surface area contributed by atoms with Gasteiger partial charge in [-0.05, 0) is 212 Å². The summed E-state index contributed by atoms with van der Waals surface area (Å²) in [4.78, 5) is 77.9. The summed E-state index contributed by atoms with van der Waals surface area (Å²) in [7, 11) is 0. The second-order valence-corrected chi connectivity index (χ2v) is 31.2. The zero-order chi connectivity index (χ0) is 70.6. The molecule has 0 radical (unpaired) electrons. The predicted octanol–water partition coefficient (Wildman–Crippen LogP) is 12.6. The molecule has 0 spiro atoms. The number of H-pyrrole nitrogens is 3. The molecule has 538 valence electrons. The van der Waals surface area contributed by atoms with E-state index in [0.717, 1.165) is 199 Å². The van der Waals surface area contributed by atoms with Gasteiger partial charge in [0.2, 0.25) is 0 Å². The summed E-state index contributed by atoms with van der Waals surface area (Å²) in [6.45, 7) is 15.8. The quantitative estimate of drug-likeness (QED) is 0.0247. The topological polar surface area (TPSA) is 296 Å². The molecule has 3 aliphatic carbocycles. The monoisotopic (exact) mass is 1440 g/mol. The molecule has 0 bridgehead atoms. The third-order valence-electron chi connectivity index (χ3n) is 19.5. The van der Waals surface area contributed by atoms with Crippen LogP contribution < -0.4 is 36.0 Å². The van der Waals surface area contributed by atoms with E-state index < -0.39 is 0 Å². The first kappa shape index (κ1) is 71.3. The molecule has 9 aromatic rings. The molecule has 10 heterocycles. The Balaban J connectivity index is 0.000000131. The molecular weight excluding hydrogens is 1350 g/mol. The number of nitrogens with one attached hydrogen (secondary N) is 7. The molecule has 3 saturated carbocycles. The molecule has 27 heteroatoms. The van der Waals surface area contributed by atoms with Crippen LogP contribution in [0.1, 0.15) is 117 Å². The molecule has 0 amide bonds. The number of aliphatic hydroxyl groups is 1. The van der Waals surface area contributed by atoms with Crippen molar-refractivity contribution in [2.24, 2.45) is 17.8 Å². The lowest BCUT2D eigenvalue weighted by atomic mass is 10.0. The van der Waals surface area contributed by atoms with Gasteiger partial charge >= 0.3 is 0 Å². The molecule has 0 atom stereocenters. The molecule has 6 aromatic heterocycles. The molecular formula is C76H92N20O4S3. The first-order valence-corrected chi connectivity index (χ1v) is 39.0. The van der Waals surface area contributed by atoms with Crippen LogP contribution in [0, 0.1) is 38.5 Å². The zero-order valence-electron chi connectivity index (χ0n) is 58.9. The van der Waals surface area contributed by atoms with Crippen molar-refractivity contribution in [1.29, 1.82) is 0 Å². The van der Waals surface area contributed by atoms with Gasteiger partial charge in [0.05, 0.1) is 6.10 Å². The highest BCUT2D eigenvalue weighted by Crippen LogP contribution is 2.37. The minimum atomic E-state index is -0.244. The van der Waals surface area contributed by atoms with Crippen molar-refractivity contribution in [3.05, 3.63) is 143 Å². The van der Waals surface area contributed by atoms with E-state index in [1.165, 1.54) is 62.3 Å². The molecule has 0 unspecified atom stereocenters. The molecule has 7 aliphatic rings. The molecule has 16 rings (SSSR count).